The molecule has 1 aliphatic rings. The predicted octanol–water partition coefficient (Wildman–Crippen LogP) is 1.90. The van der Waals surface area contributed by atoms with E-state index < -0.39 is 0 Å². The smallest absolute Gasteiger partial charge is 0.225 e. The van der Waals surface area contributed by atoms with Gasteiger partial charge in [0.1, 0.15) is 0 Å². The van der Waals surface area contributed by atoms with Crippen molar-refractivity contribution < 1.29 is 28.5 Å². The fraction of sp³-hybridized carbons (Fsp3) is 0.900. The van der Waals surface area contributed by atoms with Gasteiger partial charge in [0.05, 0.1) is 0 Å². The summed E-state index contributed by atoms with van der Waals surface area (Å²) in [5.74, 6) is -0.207. The summed E-state index contributed by atoms with van der Waals surface area (Å²) in [5.41, 5.74) is 5.41. The van der Waals surface area contributed by atoms with Gasteiger partial charge in [-0.25, -0.2) is 0 Å². The van der Waals surface area contributed by atoms with E-state index in [0.717, 1.165) is 38.5 Å². The SMILES string of the molecule is COC(CCCN(CCCC(OC)OC)C(=O)C1CCC(C(N)=O)CC1)OC. The molecule has 0 aromatic heterocycles. The maximum absolute atomic E-state index is 13.1. The van der Waals surface area contributed by atoms with Gasteiger partial charge in [-0.05, 0) is 38.5 Å². The summed E-state index contributed by atoms with van der Waals surface area (Å²) < 4.78 is 20.9. The molecule has 0 unspecified atom stereocenters. The van der Waals surface area contributed by atoms with Crippen molar-refractivity contribution in [2.45, 2.75) is 63.9 Å². The lowest BCUT2D eigenvalue weighted by Gasteiger charge is -2.32. The zero-order chi connectivity index (χ0) is 20.9. The van der Waals surface area contributed by atoms with Crippen LogP contribution in [0.3, 0.4) is 0 Å². The summed E-state index contributed by atoms with van der Waals surface area (Å²) in [7, 11) is 6.46. The average molecular weight is 403 g/mol. The van der Waals surface area contributed by atoms with Crippen molar-refractivity contribution in [3.8, 4) is 0 Å². The highest BCUT2D eigenvalue weighted by Crippen LogP contribution is 2.30. The first-order valence-corrected chi connectivity index (χ1v) is 10.2. The lowest BCUT2D eigenvalue weighted by molar-refractivity contribution is -0.139. The first kappa shape index (κ1) is 24.8. The van der Waals surface area contributed by atoms with Crippen molar-refractivity contribution in [1.29, 1.82) is 0 Å². The fourth-order valence-corrected chi connectivity index (χ4v) is 3.78. The van der Waals surface area contributed by atoms with Crippen LogP contribution in [0.4, 0.5) is 0 Å². The van der Waals surface area contributed by atoms with Gasteiger partial charge in [0.2, 0.25) is 11.8 Å². The molecule has 0 aliphatic heterocycles. The Morgan fingerprint density at radius 2 is 1.21 bits per heavy atom. The predicted molar refractivity (Wildman–Crippen MR) is 105 cm³/mol. The largest absolute Gasteiger partial charge is 0.369 e. The number of methoxy groups -OCH3 is 4. The third kappa shape index (κ3) is 8.43. The summed E-state index contributed by atoms with van der Waals surface area (Å²) in [6.07, 6.45) is 5.38. The van der Waals surface area contributed by atoms with Gasteiger partial charge in [0.15, 0.2) is 12.6 Å². The zero-order valence-corrected chi connectivity index (χ0v) is 17.9. The van der Waals surface area contributed by atoms with E-state index in [4.69, 9.17) is 24.7 Å². The van der Waals surface area contributed by atoms with Crippen molar-refractivity contribution in [3.63, 3.8) is 0 Å². The standard InChI is InChI=1S/C20H38N2O6/c1-25-17(26-2)7-5-13-22(14-6-8-18(27-3)28-4)20(24)16-11-9-15(10-12-16)19(21)23/h15-18H,5-14H2,1-4H3,(H2,21,23). The Kier molecular flexibility index (Phi) is 12.3. The van der Waals surface area contributed by atoms with Gasteiger partial charge < -0.3 is 29.6 Å². The van der Waals surface area contributed by atoms with Crippen molar-refractivity contribution in [3.05, 3.63) is 0 Å². The molecule has 0 spiro atoms. The molecule has 164 valence electrons. The Balaban J connectivity index is 2.59. The van der Waals surface area contributed by atoms with Crippen molar-refractivity contribution in [2.24, 2.45) is 17.6 Å². The third-order valence-corrected chi connectivity index (χ3v) is 5.58. The van der Waals surface area contributed by atoms with Crippen molar-refractivity contribution >= 4 is 11.8 Å². The minimum absolute atomic E-state index is 0.0307. The number of carbonyl (C=O) groups excluding carboxylic acids is 2. The molecule has 0 bridgehead atoms. The van der Waals surface area contributed by atoms with Crippen LogP contribution in [-0.4, -0.2) is 70.8 Å². The van der Waals surface area contributed by atoms with Gasteiger partial charge in [-0.15, -0.1) is 0 Å². The Labute approximate surface area is 169 Å². The zero-order valence-electron chi connectivity index (χ0n) is 17.9. The Hall–Kier alpha value is -1.22. The Morgan fingerprint density at radius 1 is 0.821 bits per heavy atom. The van der Waals surface area contributed by atoms with Gasteiger partial charge >= 0.3 is 0 Å². The minimum Gasteiger partial charge on any atom is -0.369 e. The first-order valence-electron chi connectivity index (χ1n) is 10.2. The lowest BCUT2D eigenvalue weighted by atomic mass is 9.81. The molecule has 2 N–H and O–H groups in total. The number of ether oxygens (including phenoxy) is 4. The van der Waals surface area contributed by atoms with Gasteiger partial charge in [0.25, 0.3) is 0 Å². The number of nitrogens with two attached hydrogens (primary N) is 1. The molecule has 8 nitrogen and oxygen atoms in total. The number of rotatable bonds is 14. The molecule has 0 aromatic carbocycles. The van der Waals surface area contributed by atoms with E-state index in [9.17, 15) is 9.59 Å². The highest BCUT2D eigenvalue weighted by atomic mass is 16.7. The van der Waals surface area contributed by atoms with Gasteiger partial charge in [-0.2, -0.15) is 0 Å². The molecule has 1 fully saturated rings. The number of carbonyl (C=O) groups is 2. The quantitative estimate of drug-likeness (QED) is 0.446. The van der Waals surface area contributed by atoms with Gasteiger partial charge in [-0.3, -0.25) is 9.59 Å². The van der Waals surface area contributed by atoms with E-state index in [1.807, 2.05) is 4.90 Å². The normalized spacial score (nSPS) is 19.9. The van der Waals surface area contributed by atoms with Crippen LogP contribution in [0.2, 0.25) is 0 Å². The van der Waals surface area contributed by atoms with Crippen LogP contribution < -0.4 is 5.73 Å². The minimum atomic E-state index is -0.255. The second-order valence-electron chi connectivity index (χ2n) is 7.36. The summed E-state index contributed by atoms with van der Waals surface area (Å²) in [4.78, 5) is 26.4. The fourth-order valence-electron chi connectivity index (χ4n) is 3.78. The highest BCUT2D eigenvalue weighted by molar-refractivity contribution is 5.80. The number of hydrogen-bond donors (Lipinski definition) is 1. The van der Waals surface area contributed by atoms with Crippen LogP contribution in [0, 0.1) is 11.8 Å². The summed E-state index contributed by atoms with van der Waals surface area (Å²) in [6, 6.07) is 0. The van der Waals surface area contributed by atoms with Crippen LogP contribution in [0.25, 0.3) is 0 Å². The number of nitrogens with zero attached hydrogens (tertiary/aromatic N) is 1. The molecule has 0 heterocycles. The van der Waals surface area contributed by atoms with Gasteiger partial charge in [-0.1, -0.05) is 0 Å². The topological polar surface area (TPSA) is 100 Å². The average Bonchev–Trinajstić information content (AvgIpc) is 2.72. The van der Waals surface area contributed by atoms with E-state index in [1.54, 1.807) is 28.4 Å². The van der Waals surface area contributed by atoms with Crippen LogP contribution in [0.15, 0.2) is 0 Å². The van der Waals surface area contributed by atoms with Crippen LogP contribution in [0.1, 0.15) is 51.4 Å². The monoisotopic (exact) mass is 402 g/mol. The lowest BCUT2D eigenvalue weighted by Crippen LogP contribution is -2.40. The highest BCUT2D eigenvalue weighted by Gasteiger charge is 2.31. The molecule has 2 amide bonds. The Bertz CT molecular complexity index is 428. The molecule has 1 saturated carbocycles. The number of hydrogen-bond acceptors (Lipinski definition) is 6. The van der Waals surface area contributed by atoms with E-state index in [-0.39, 0.29) is 36.2 Å². The van der Waals surface area contributed by atoms with E-state index in [1.165, 1.54) is 0 Å². The van der Waals surface area contributed by atoms with Crippen LogP contribution in [0.5, 0.6) is 0 Å². The molecule has 28 heavy (non-hydrogen) atoms. The maximum atomic E-state index is 13.1. The van der Waals surface area contributed by atoms with E-state index >= 15 is 0 Å². The molecule has 8 heteroatoms. The van der Waals surface area contributed by atoms with Crippen LogP contribution in [-0.2, 0) is 28.5 Å². The Morgan fingerprint density at radius 3 is 1.57 bits per heavy atom. The molecule has 0 atom stereocenters. The summed E-state index contributed by atoms with van der Waals surface area (Å²) in [5, 5.41) is 0. The number of primary amides is 1. The third-order valence-electron chi connectivity index (χ3n) is 5.58. The molecule has 0 radical (unpaired) electrons. The molecular weight excluding hydrogens is 364 g/mol. The van der Waals surface area contributed by atoms with Crippen molar-refractivity contribution in [1.82, 2.24) is 4.90 Å². The van der Waals surface area contributed by atoms with Crippen LogP contribution >= 0.6 is 0 Å². The number of amides is 2. The summed E-state index contributed by atoms with van der Waals surface area (Å²) >= 11 is 0. The first-order chi connectivity index (χ1) is 13.5. The van der Waals surface area contributed by atoms with Gasteiger partial charge in [0, 0.05) is 66.2 Å². The van der Waals surface area contributed by atoms with E-state index in [0.29, 0.717) is 25.9 Å². The molecule has 1 rings (SSSR count). The summed E-state index contributed by atoms with van der Waals surface area (Å²) in [6.45, 7) is 1.31. The molecule has 0 saturated heterocycles. The molecule has 1 aliphatic carbocycles. The molecule has 0 aromatic rings. The van der Waals surface area contributed by atoms with E-state index in [2.05, 4.69) is 0 Å². The van der Waals surface area contributed by atoms with Crippen molar-refractivity contribution in [2.75, 3.05) is 41.5 Å². The second-order valence-corrected chi connectivity index (χ2v) is 7.36. The maximum Gasteiger partial charge on any atom is 0.225 e. The molecular formula is C20H38N2O6. The second kappa shape index (κ2) is 13.9.